The van der Waals surface area contributed by atoms with Gasteiger partial charge in [0, 0.05) is 23.3 Å². The zero-order valence-corrected chi connectivity index (χ0v) is 18.9. The third-order valence-electron chi connectivity index (χ3n) is 5.04. The molecule has 11 heteroatoms. The molecule has 0 aliphatic carbocycles. The number of aromatic nitrogens is 2. The van der Waals surface area contributed by atoms with E-state index in [4.69, 9.17) is 11.6 Å². The maximum atomic E-state index is 13.3. The first kappa shape index (κ1) is 21.7. The van der Waals surface area contributed by atoms with E-state index in [0.29, 0.717) is 34.1 Å². The number of aryl methyl sites for hydroxylation is 1. The summed E-state index contributed by atoms with van der Waals surface area (Å²) in [4.78, 5) is 24.7. The number of hydrogen-bond donors (Lipinski definition) is 2. The fourth-order valence-electron chi connectivity index (χ4n) is 3.43. The third kappa shape index (κ3) is 4.42. The summed E-state index contributed by atoms with van der Waals surface area (Å²) in [7, 11) is -3.87. The number of amides is 1. The van der Waals surface area contributed by atoms with E-state index in [1.54, 1.807) is 24.3 Å². The van der Waals surface area contributed by atoms with E-state index in [-0.39, 0.29) is 22.2 Å². The minimum absolute atomic E-state index is 0.120. The van der Waals surface area contributed by atoms with Crippen LogP contribution in [-0.2, 0) is 14.8 Å². The Morgan fingerprint density at radius 3 is 2.81 bits per heavy atom. The van der Waals surface area contributed by atoms with Crippen LogP contribution in [0.4, 0.5) is 5.69 Å². The van der Waals surface area contributed by atoms with Gasteiger partial charge in [0.15, 0.2) is 0 Å². The van der Waals surface area contributed by atoms with Gasteiger partial charge in [-0.2, -0.15) is 9.40 Å². The van der Waals surface area contributed by atoms with Crippen molar-refractivity contribution in [2.45, 2.75) is 30.0 Å². The molecule has 1 atom stereocenters. The Kier molecular flexibility index (Phi) is 5.98. The summed E-state index contributed by atoms with van der Waals surface area (Å²) >= 11 is 7.07. The van der Waals surface area contributed by atoms with Crippen LogP contribution in [0.3, 0.4) is 0 Å². The molecule has 1 saturated heterocycles. The largest absolute Gasteiger partial charge is 0.324 e. The number of aromatic amines is 1. The molecule has 1 amide bonds. The molecule has 2 N–H and O–H groups in total. The number of sulfonamides is 1. The van der Waals surface area contributed by atoms with Gasteiger partial charge in [0.05, 0.1) is 4.88 Å². The first-order valence-electron chi connectivity index (χ1n) is 9.50. The summed E-state index contributed by atoms with van der Waals surface area (Å²) in [6.07, 6.45) is 1.02. The summed E-state index contributed by atoms with van der Waals surface area (Å²) in [5.74, 6) is -0.384. The molecule has 0 saturated carbocycles. The maximum absolute atomic E-state index is 13.3. The van der Waals surface area contributed by atoms with Crippen molar-refractivity contribution < 1.29 is 13.2 Å². The lowest BCUT2D eigenvalue weighted by molar-refractivity contribution is -0.119. The molecular formula is C20H19ClN4O4S2. The summed E-state index contributed by atoms with van der Waals surface area (Å²) in [5.41, 5.74) is 1.53. The topological polar surface area (TPSA) is 112 Å². The summed E-state index contributed by atoms with van der Waals surface area (Å²) in [6.45, 7) is 2.10. The smallest absolute Gasteiger partial charge is 0.264 e. The number of benzene rings is 1. The van der Waals surface area contributed by atoms with Gasteiger partial charge < -0.3 is 5.32 Å². The van der Waals surface area contributed by atoms with E-state index < -0.39 is 16.1 Å². The Bertz CT molecular complexity index is 1280. The van der Waals surface area contributed by atoms with E-state index in [0.717, 1.165) is 16.9 Å². The fraction of sp³-hybridized carbons (Fsp3) is 0.250. The number of rotatable bonds is 5. The van der Waals surface area contributed by atoms with Crippen LogP contribution in [0.15, 0.2) is 51.5 Å². The number of thiophene rings is 1. The van der Waals surface area contributed by atoms with E-state index >= 15 is 0 Å². The Labute approximate surface area is 187 Å². The molecule has 1 aliphatic rings. The van der Waals surface area contributed by atoms with Gasteiger partial charge in [-0.3, -0.25) is 9.59 Å². The number of nitrogens with one attached hydrogen (secondary N) is 2. The lowest BCUT2D eigenvalue weighted by Crippen LogP contribution is -2.42. The van der Waals surface area contributed by atoms with E-state index in [2.05, 4.69) is 15.5 Å². The molecule has 1 aliphatic heterocycles. The van der Waals surface area contributed by atoms with Crippen LogP contribution < -0.4 is 10.9 Å². The number of hydrogen-bond acceptors (Lipinski definition) is 6. The van der Waals surface area contributed by atoms with Crippen LogP contribution in [0, 0.1) is 6.92 Å². The van der Waals surface area contributed by atoms with Crippen LogP contribution in [0.2, 0.25) is 5.02 Å². The number of carbonyl (C=O) groups excluding carboxylic acids is 1. The first-order valence-corrected chi connectivity index (χ1v) is 12.1. The van der Waals surface area contributed by atoms with Crippen molar-refractivity contribution in [1.29, 1.82) is 0 Å². The maximum Gasteiger partial charge on any atom is 0.264 e. The number of H-pyrrole nitrogens is 1. The van der Waals surface area contributed by atoms with Gasteiger partial charge in [0.25, 0.3) is 15.6 Å². The highest BCUT2D eigenvalue weighted by Gasteiger charge is 2.40. The average molecular weight is 479 g/mol. The Balaban J connectivity index is 1.57. The van der Waals surface area contributed by atoms with Crippen molar-refractivity contribution in [1.82, 2.24) is 14.5 Å². The van der Waals surface area contributed by atoms with Crippen molar-refractivity contribution in [3.05, 3.63) is 63.4 Å². The second-order valence-corrected chi connectivity index (χ2v) is 10.8. The standard InChI is InChI=1S/C20H19ClN4O4S2/c1-12-4-5-13(21)11-15(12)22-20(27)16-3-2-10-25(16)31(28,29)19-9-7-17(30-19)14-6-8-18(26)24-23-14/h4-9,11,16H,2-3,10H2,1H3,(H,22,27)(H,24,26)/t16-/m0/s1. The normalized spacial score (nSPS) is 17.0. The Morgan fingerprint density at radius 1 is 1.26 bits per heavy atom. The zero-order chi connectivity index (χ0) is 22.2. The van der Waals surface area contributed by atoms with Crippen LogP contribution >= 0.6 is 22.9 Å². The van der Waals surface area contributed by atoms with Crippen molar-refractivity contribution in [2.75, 3.05) is 11.9 Å². The first-order chi connectivity index (χ1) is 14.8. The zero-order valence-electron chi connectivity index (χ0n) is 16.5. The van der Waals surface area contributed by atoms with Crippen LogP contribution in [-0.4, -0.2) is 41.4 Å². The highest BCUT2D eigenvalue weighted by Crippen LogP contribution is 2.34. The van der Waals surface area contributed by atoms with Crippen molar-refractivity contribution in [2.24, 2.45) is 0 Å². The lowest BCUT2D eigenvalue weighted by atomic mass is 10.1. The number of halogens is 1. The van der Waals surface area contributed by atoms with E-state index in [1.165, 1.54) is 22.5 Å². The van der Waals surface area contributed by atoms with Gasteiger partial charge in [0.2, 0.25) is 5.91 Å². The molecule has 1 fully saturated rings. The van der Waals surface area contributed by atoms with Gasteiger partial charge in [-0.25, -0.2) is 13.5 Å². The molecule has 0 radical (unpaired) electrons. The number of carbonyl (C=O) groups is 1. The Morgan fingerprint density at radius 2 is 2.06 bits per heavy atom. The molecule has 1 aromatic carbocycles. The predicted molar refractivity (Wildman–Crippen MR) is 120 cm³/mol. The van der Waals surface area contributed by atoms with Crippen LogP contribution in [0.25, 0.3) is 10.6 Å². The minimum Gasteiger partial charge on any atom is -0.324 e. The fourth-order valence-corrected chi connectivity index (χ4v) is 6.66. The van der Waals surface area contributed by atoms with E-state index in [1.807, 2.05) is 6.92 Å². The highest BCUT2D eigenvalue weighted by molar-refractivity contribution is 7.91. The molecule has 0 unspecified atom stereocenters. The van der Waals surface area contributed by atoms with Crippen LogP contribution in [0.5, 0.6) is 0 Å². The monoisotopic (exact) mass is 478 g/mol. The molecule has 0 bridgehead atoms. The van der Waals surface area contributed by atoms with Crippen molar-refractivity contribution >= 4 is 44.6 Å². The quantitative estimate of drug-likeness (QED) is 0.584. The van der Waals surface area contributed by atoms with Gasteiger partial charge in [-0.1, -0.05) is 17.7 Å². The molecule has 3 aromatic rings. The SMILES string of the molecule is Cc1ccc(Cl)cc1NC(=O)[C@@H]1CCCN1S(=O)(=O)c1ccc(-c2ccc(=O)[nH]n2)s1. The lowest BCUT2D eigenvalue weighted by Gasteiger charge is -2.23. The molecule has 4 rings (SSSR count). The summed E-state index contributed by atoms with van der Waals surface area (Å²) < 4.78 is 27.9. The second-order valence-electron chi connectivity index (χ2n) is 7.15. The van der Waals surface area contributed by atoms with Crippen LogP contribution in [0.1, 0.15) is 18.4 Å². The van der Waals surface area contributed by atoms with Gasteiger partial charge >= 0.3 is 0 Å². The average Bonchev–Trinajstić information content (AvgIpc) is 3.42. The van der Waals surface area contributed by atoms with E-state index in [9.17, 15) is 18.0 Å². The van der Waals surface area contributed by atoms with Crippen molar-refractivity contribution in [3.8, 4) is 10.6 Å². The highest BCUT2D eigenvalue weighted by atomic mass is 35.5. The van der Waals surface area contributed by atoms with Crippen molar-refractivity contribution in [3.63, 3.8) is 0 Å². The third-order valence-corrected chi connectivity index (χ3v) is 8.76. The van der Waals surface area contributed by atoms with Gasteiger partial charge in [0.1, 0.15) is 15.9 Å². The second kappa shape index (κ2) is 8.54. The minimum atomic E-state index is -3.87. The molecule has 2 aromatic heterocycles. The summed E-state index contributed by atoms with van der Waals surface area (Å²) in [5, 5.41) is 9.57. The number of anilines is 1. The molecule has 8 nitrogen and oxygen atoms in total. The Hall–Kier alpha value is -2.53. The number of nitrogens with zero attached hydrogens (tertiary/aromatic N) is 2. The molecule has 31 heavy (non-hydrogen) atoms. The van der Waals surface area contributed by atoms with Gasteiger partial charge in [-0.15, -0.1) is 11.3 Å². The predicted octanol–water partition coefficient (Wildman–Crippen LogP) is 3.25. The molecule has 162 valence electrons. The molecule has 3 heterocycles. The van der Waals surface area contributed by atoms with Gasteiger partial charge in [-0.05, 0) is 55.7 Å². The summed E-state index contributed by atoms with van der Waals surface area (Å²) in [6, 6.07) is 10.3. The molecular weight excluding hydrogens is 460 g/mol. The molecule has 0 spiro atoms.